The van der Waals surface area contributed by atoms with E-state index in [1.807, 2.05) is 0 Å². The van der Waals surface area contributed by atoms with E-state index in [9.17, 15) is 9.90 Å². The number of amides is 1. The van der Waals surface area contributed by atoms with E-state index in [0.29, 0.717) is 17.1 Å². The van der Waals surface area contributed by atoms with Crippen LogP contribution in [-0.2, 0) is 4.79 Å². The highest BCUT2D eigenvalue weighted by molar-refractivity contribution is 6.02. The first kappa shape index (κ1) is 14.5. The molecule has 0 saturated carbocycles. The number of phenolic OH excluding ortho intramolecular Hbond substituents is 1. The Morgan fingerprint density at radius 1 is 1.24 bits per heavy atom. The van der Waals surface area contributed by atoms with Gasteiger partial charge in [-0.1, -0.05) is 6.07 Å². The maximum atomic E-state index is 11.8. The van der Waals surface area contributed by atoms with Gasteiger partial charge in [0.25, 0.3) is 0 Å². The molecule has 1 amide bonds. The molecule has 0 bridgehead atoms. The average molecular weight is 284 g/mol. The number of anilines is 2. The second-order valence-electron chi connectivity index (χ2n) is 4.38. The smallest absolute Gasteiger partial charge is 0.248 e. The van der Waals surface area contributed by atoms with Crippen LogP contribution < -0.4 is 15.8 Å². The van der Waals surface area contributed by atoms with E-state index < -0.39 is 0 Å². The molecule has 0 unspecified atom stereocenters. The molecule has 0 spiro atoms. The van der Waals surface area contributed by atoms with E-state index in [0.717, 1.165) is 5.56 Å². The quantitative estimate of drug-likeness (QED) is 0.595. The van der Waals surface area contributed by atoms with Crippen LogP contribution in [0.25, 0.3) is 6.08 Å². The Labute approximate surface area is 122 Å². The zero-order valence-electron chi connectivity index (χ0n) is 11.5. The van der Waals surface area contributed by atoms with E-state index >= 15 is 0 Å². The lowest BCUT2D eigenvalue weighted by molar-refractivity contribution is -0.111. The maximum absolute atomic E-state index is 11.8. The van der Waals surface area contributed by atoms with Gasteiger partial charge in [-0.3, -0.25) is 4.79 Å². The fourth-order valence-corrected chi connectivity index (χ4v) is 1.72. The van der Waals surface area contributed by atoms with Crippen LogP contribution in [0.4, 0.5) is 11.4 Å². The normalized spacial score (nSPS) is 10.5. The fourth-order valence-electron chi connectivity index (χ4n) is 1.72. The van der Waals surface area contributed by atoms with E-state index in [1.165, 1.54) is 19.3 Å². The van der Waals surface area contributed by atoms with Crippen molar-refractivity contribution >= 4 is 23.4 Å². The molecular weight excluding hydrogens is 268 g/mol. The second-order valence-corrected chi connectivity index (χ2v) is 4.38. The minimum absolute atomic E-state index is 0.0565. The first-order valence-electron chi connectivity index (χ1n) is 6.30. The van der Waals surface area contributed by atoms with Gasteiger partial charge in [0.15, 0.2) is 11.5 Å². The summed E-state index contributed by atoms with van der Waals surface area (Å²) in [6.07, 6.45) is 3.04. The highest BCUT2D eigenvalue weighted by atomic mass is 16.5. The van der Waals surface area contributed by atoms with E-state index in [-0.39, 0.29) is 11.7 Å². The number of methoxy groups -OCH3 is 1. The minimum atomic E-state index is -0.258. The van der Waals surface area contributed by atoms with Crippen LogP contribution in [0.3, 0.4) is 0 Å². The molecule has 4 N–H and O–H groups in total. The number of carbonyl (C=O) groups is 1. The van der Waals surface area contributed by atoms with Crippen LogP contribution >= 0.6 is 0 Å². The molecule has 108 valence electrons. The predicted molar refractivity (Wildman–Crippen MR) is 83.2 cm³/mol. The summed E-state index contributed by atoms with van der Waals surface area (Å²) in [7, 11) is 1.47. The second kappa shape index (κ2) is 6.47. The van der Waals surface area contributed by atoms with Crippen molar-refractivity contribution in [1.29, 1.82) is 0 Å². The molecule has 0 fully saturated rings. The summed E-state index contributed by atoms with van der Waals surface area (Å²) >= 11 is 0. The Morgan fingerprint density at radius 3 is 2.62 bits per heavy atom. The van der Waals surface area contributed by atoms with Gasteiger partial charge < -0.3 is 20.9 Å². The first-order valence-corrected chi connectivity index (χ1v) is 6.30. The van der Waals surface area contributed by atoms with Gasteiger partial charge in [0.2, 0.25) is 5.91 Å². The SMILES string of the molecule is COc1cc(/C=C/C(=O)Nc2ccc(N)cc2)ccc1O. The van der Waals surface area contributed by atoms with Gasteiger partial charge in [0.05, 0.1) is 7.11 Å². The number of benzene rings is 2. The number of phenols is 1. The number of nitrogens with two attached hydrogens (primary N) is 1. The highest BCUT2D eigenvalue weighted by Gasteiger charge is 2.01. The lowest BCUT2D eigenvalue weighted by atomic mass is 10.2. The van der Waals surface area contributed by atoms with Crippen LogP contribution in [0.15, 0.2) is 48.5 Å². The van der Waals surface area contributed by atoms with Crippen molar-refractivity contribution in [3.05, 3.63) is 54.1 Å². The Hall–Kier alpha value is -2.95. The highest BCUT2D eigenvalue weighted by Crippen LogP contribution is 2.26. The van der Waals surface area contributed by atoms with Gasteiger partial charge in [-0.05, 0) is 48.0 Å². The number of nitrogen functional groups attached to an aromatic ring is 1. The summed E-state index contributed by atoms with van der Waals surface area (Å²) < 4.78 is 5.00. The number of ether oxygens (including phenoxy) is 1. The van der Waals surface area contributed by atoms with Crippen LogP contribution in [0.1, 0.15) is 5.56 Å². The van der Waals surface area contributed by atoms with Crippen molar-refractivity contribution < 1.29 is 14.6 Å². The zero-order chi connectivity index (χ0) is 15.2. The molecule has 21 heavy (non-hydrogen) atoms. The van der Waals surface area contributed by atoms with Crippen molar-refractivity contribution in [2.75, 3.05) is 18.2 Å². The third-order valence-corrected chi connectivity index (χ3v) is 2.81. The Morgan fingerprint density at radius 2 is 1.95 bits per heavy atom. The molecule has 2 aromatic rings. The van der Waals surface area contributed by atoms with Crippen molar-refractivity contribution in [2.45, 2.75) is 0 Å². The van der Waals surface area contributed by atoms with Gasteiger partial charge in [0, 0.05) is 17.5 Å². The summed E-state index contributed by atoms with van der Waals surface area (Å²) in [5.74, 6) is 0.156. The molecule has 2 rings (SSSR count). The van der Waals surface area contributed by atoms with Crippen molar-refractivity contribution in [3.63, 3.8) is 0 Å². The third-order valence-electron chi connectivity index (χ3n) is 2.81. The Bertz CT molecular complexity index is 664. The molecule has 2 aromatic carbocycles. The van der Waals surface area contributed by atoms with Crippen molar-refractivity contribution in [2.24, 2.45) is 0 Å². The lowest BCUT2D eigenvalue weighted by Crippen LogP contribution is -2.07. The number of aromatic hydroxyl groups is 1. The van der Waals surface area contributed by atoms with Gasteiger partial charge >= 0.3 is 0 Å². The molecule has 0 atom stereocenters. The molecule has 0 aliphatic carbocycles. The largest absolute Gasteiger partial charge is 0.504 e. The number of hydrogen-bond acceptors (Lipinski definition) is 4. The maximum Gasteiger partial charge on any atom is 0.248 e. The monoisotopic (exact) mass is 284 g/mol. The zero-order valence-corrected chi connectivity index (χ0v) is 11.5. The molecule has 0 aliphatic heterocycles. The topological polar surface area (TPSA) is 84.6 Å². The van der Waals surface area contributed by atoms with Gasteiger partial charge in [0.1, 0.15) is 0 Å². The van der Waals surface area contributed by atoms with Crippen molar-refractivity contribution in [1.82, 2.24) is 0 Å². The van der Waals surface area contributed by atoms with Crippen LogP contribution in [0, 0.1) is 0 Å². The Kier molecular flexibility index (Phi) is 4.46. The standard InChI is InChI=1S/C16H16N2O3/c1-21-15-10-11(2-8-14(15)19)3-9-16(20)18-13-6-4-12(17)5-7-13/h2-10,19H,17H2,1H3,(H,18,20)/b9-3+. The summed E-state index contributed by atoms with van der Waals surface area (Å²) in [4.78, 5) is 11.8. The summed E-state index contributed by atoms with van der Waals surface area (Å²) in [5, 5.41) is 12.2. The summed E-state index contributed by atoms with van der Waals surface area (Å²) in [6, 6.07) is 11.7. The fraction of sp³-hybridized carbons (Fsp3) is 0.0625. The molecular formula is C16H16N2O3. The van der Waals surface area contributed by atoms with Crippen LogP contribution in [0.5, 0.6) is 11.5 Å². The molecule has 0 heterocycles. The molecule has 0 aromatic heterocycles. The van der Waals surface area contributed by atoms with E-state index in [4.69, 9.17) is 10.5 Å². The summed E-state index contributed by atoms with van der Waals surface area (Å²) in [5.41, 5.74) is 7.63. The molecule has 5 heteroatoms. The lowest BCUT2D eigenvalue weighted by Gasteiger charge is -2.04. The Balaban J connectivity index is 2.03. The first-order chi connectivity index (χ1) is 10.1. The van der Waals surface area contributed by atoms with E-state index in [2.05, 4.69) is 5.32 Å². The van der Waals surface area contributed by atoms with Crippen LogP contribution in [0.2, 0.25) is 0 Å². The average Bonchev–Trinajstić information content (AvgIpc) is 2.49. The van der Waals surface area contributed by atoms with Crippen LogP contribution in [-0.4, -0.2) is 18.1 Å². The predicted octanol–water partition coefficient (Wildman–Crippen LogP) is 2.63. The molecule has 0 aliphatic rings. The van der Waals surface area contributed by atoms with Gasteiger partial charge in [-0.25, -0.2) is 0 Å². The van der Waals surface area contributed by atoms with E-state index in [1.54, 1.807) is 42.5 Å². The third kappa shape index (κ3) is 4.01. The number of rotatable bonds is 4. The summed E-state index contributed by atoms with van der Waals surface area (Å²) in [6.45, 7) is 0. The minimum Gasteiger partial charge on any atom is -0.504 e. The molecule has 0 saturated heterocycles. The molecule has 5 nitrogen and oxygen atoms in total. The van der Waals surface area contributed by atoms with Gasteiger partial charge in [-0.15, -0.1) is 0 Å². The van der Waals surface area contributed by atoms with Gasteiger partial charge in [-0.2, -0.15) is 0 Å². The molecule has 0 radical (unpaired) electrons. The van der Waals surface area contributed by atoms with Crippen molar-refractivity contribution in [3.8, 4) is 11.5 Å². The number of nitrogens with one attached hydrogen (secondary N) is 1. The number of hydrogen-bond donors (Lipinski definition) is 3. The number of carbonyl (C=O) groups excluding carboxylic acids is 1.